The van der Waals surface area contributed by atoms with Gasteiger partial charge in [0.05, 0.1) is 36.3 Å². The highest BCUT2D eigenvalue weighted by molar-refractivity contribution is 5.80. The first-order chi connectivity index (χ1) is 22.6. The van der Waals surface area contributed by atoms with Gasteiger partial charge in [-0.3, -0.25) is 19.7 Å². The molecule has 9 N–H and O–H groups in total. The zero-order valence-corrected chi connectivity index (χ0v) is 29.1. The zero-order chi connectivity index (χ0) is 36.0. The molecular weight excluding hydrogens is 628 g/mol. The van der Waals surface area contributed by atoms with Gasteiger partial charge in [-0.25, -0.2) is 0 Å². The Morgan fingerprint density at radius 2 is 1.27 bits per heavy atom. The summed E-state index contributed by atoms with van der Waals surface area (Å²) in [6, 6.07) is -0.958. The molecule has 11 atom stereocenters. The second kappa shape index (κ2) is 20.7. The van der Waals surface area contributed by atoms with Gasteiger partial charge in [-0.1, -0.05) is 64.7 Å². The van der Waals surface area contributed by atoms with Gasteiger partial charge in [-0.2, -0.15) is 0 Å². The number of aliphatic hydroxyl groups excluding tert-OH is 5. The number of hydrogen-bond donors (Lipinski definition) is 9. The topological polar surface area (TPSA) is 235 Å². The second-order valence-corrected chi connectivity index (χ2v) is 14.6. The summed E-state index contributed by atoms with van der Waals surface area (Å²) in [6.45, 7) is 7.83. The van der Waals surface area contributed by atoms with E-state index in [4.69, 9.17) is 9.47 Å². The Labute approximate surface area is 284 Å². The van der Waals surface area contributed by atoms with Crippen molar-refractivity contribution in [3.05, 3.63) is 0 Å². The van der Waals surface area contributed by atoms with E-state index in [0.29, 0.717) is 6.61 Å². The third kappa shape index (κ3) is 13.4. The Morgan fingerprint density at radius 3 is 1.81 bits per heavy atom. The van der Waals surface area contributed by atoms with Crippen molar-refractivity contribution in [2.24, 2.45) is 11.8 Å². The molecule has 2 fully saturated rings. The Bertz CT molecular complexity index is 978. The van der Waals surface area contributed by atoms with E-state index in [1.165, 1.54) is 38.5 Å². The molecular formula is C34H62N2O12. The molecule has 0 spiro atoms. The number of carbonyl (C=O) groups is 3. The van der Waals surface area contributed by atoms with Crippen LogP contribution in [0.1, 0.15) is 111 Å². The minimum Gasteiger partial charge on any atom is -0.481 e. The van der Waals surface area contributed by atoms with Gasteiger partial charge in [0.1, 0.15) is 30.5 Å². The molecule has 0 bridgehead atoms. The average molecular weight is 691 g/mol. The minimum atomic E-state index is -1.83. The van der Waals surface area contributed by atoms with Gasteiger partial charge < -0.3 is 50.5 Å². The Hall–Kier alpha value is -1.91. The lowest BCUT2D eigenvalue weighted by atomic mass is 9.78. The quantitative estimate of drug-likeness (QED) is 0.0774. The smallest absolute Gasteiger partial charge is 0.320 e. The van der Waals surface area contributed by atoms with Gasteiger partial charge in [0, 0.05) is 18.7 Å². The number of unbranched alkanes of at least 4 members (excludes halogenated alkanes) is 9. The normalized spacial score (nSPS) is 31.7. The fourth-order valence-corrected chi connectivity index (χ4v) is 6.62. The van der Waals surface area contributed by atoms with Crippen LogP contribution in [0.3, 0.4) is 0 Å². The number of rotatable bonds is 21. The van der Waals surface area contributed by atoms with Crippen LogP contribution in [0.2, 0.25) is 0 Å². The predicted octanol–water partition coefficient (Wildman–Crippen LogP) is 1.32. The van der Waals surface area contributed by atoms with Crippen molar-refractivity contribution < 1.29 is 59.6 Å². The number of aliphatic carboxylic acids is 2. The van der Waals surface area contributed by atoms with Crippen LogP contribution in [0.4, 0.5) is 0 Å². The number of aliphatic hydroxyl groups is 5. The fraction of sp³-hybridized carbons (Fsp3) is 0.912. The van der Waals surface area contributed by atoms with Crippen molar-refractivity contribution in [2.75, 3.05) is 13.2 Å². The molecule has 2 aliphatic rings. The van der Waals surface area contributed by atoms with E-state index >= 15 is 0 Å². The number of carboxylic acid groups (broad SMARTS) is 2. The summed E-state index contributed by atoms with van der Waals surface area (Å²) in [7, 11) is 0. The maximum Gasteiger partial charge on any atom is 0.320 e. The number of nitrogens with one attached hydrogen (secondary N) is 2. The zero-order valence-electron chi connectivity index (χ0n) is 29.1. The van der Waals surface area contributed by atoms with Gasteiger partial charge in [0.25, 0.3) is 0 Å². The average Bonchev–Trinajstić information content (AvgIpc) is 3.01. The van der Waals surface area contributed by atoms with E-state index in [2.05, 4.69) is 17.6 Å². The van der Waals surface area contributed by atoms with Crippen molar-refractivity contribution in [3.63, 3.8) is 0 Å². The largest absolute Gasteiger partial charge is 0.481 e. The number of carboxylic acids is 2. The van der Waals surface area contributed by atoms with Crippen molar-refractivity contribution >= 4 is 17.8 Å². The van der Waals surface area contributed by atoms with Crippen molar-refractivity contribution in [1.82, 2.24) is 10.6 Å². The van der Waals surface area contributed by atoms with E-state index in [1.807, 2.05) is 0 Å². The van der Waals surface area contributed by atoms with E-state index in [9.17, 15) is 50.1 Å². The third-order valence-corrected chi connectivity index (χ3v) is 9.38. The molecule has 0 radical (unpaired) electrons. The molecule has 2 aliphatic carbocycles. The lowest BCUT2D eigenvalue weighted by Gasteiger charge is -2.45. The molecule has 0 unspecified atom stereocenters. The summed E-state index contributed by atoms with van der Waals surface area (Å²) in [6.07, 6.45) is -1.39. The highest BCUT2D eigenvalue weighted by atomic mass is 16.5. The van der Waals surface area contributed by atoms with Crippen LogP contribution >= 0.6 is 0 Å². The molecule has 0 aromatic carbocycles. The lowest BCUT2D eigenvalue weighted by molar-refractivity contribution is -0.237. The van der Waals surface area contributed by atoms with Crippen LogP contribution in [0.15, 0.2) is 0 Å². The van der Waals surface area contributed by atoms with Gasteiger partial charge in [0.2, 0.25) is 5.91 Å². The predicted molar refractivity (Wildman–Crippen MR) is 176 cm³/mol. The van der Waals surface area contributed by atoms with Crippen LogP contribution in [0.5, 0.6) is 0 Å². The number of ether oxygens (including phenoxy) is 2. The maximum atomic E-state index is 13.0. The standard InChI is InChI=1S/C34H62N2O12/c1-5-6-7-8-9-10-11-12-13-14-17-47-23-19-21(32(43)44)30(29(41)26(23)38)48-24-18-20(25(37)28(40)27(24)39)31(42)35-16-15-22(33(45)46)36-34(2,3)4/h20-30,36-41H,5-19H2,1-4H3,(H,35,42)(H,43,44)(H,45,46)/t20-,21-,22-,23+,24+,25+,26-,27-,28-,29+,30+/m0/s1. The molecule has 0 saturated heterocycles. The highest BCUT2D eigenvalue weighted by Gasteiger charge is 2.52. The molecule has 48 heavy (non-hydrogen) atoms. The summed E-state index contributed by atoms with van der Waals surface area (Å²) in [5, 5.41) is 78.6. The first-order valence-electron chi connectivity index (χ1n) is 17.8. The molecule has 0 aliphatic heterocycles. The van der Waals surface area contributed by atoms with Crippen LogP contribution in [0.25, 0.3) is 0 Å². The molecule has 0 aromatic heterocycles. The number of hydrogen-bond acceptors (Lipinski definition) is 11. The lowest BCUT2D eigenvalue weighted by Crippen LogP contribution is -2.62. The summed E-state index contributed by atoms with van der Waals surface area (Å²) in [4.78, 5) is 36.9. The molecule has 14 nitrogen and oxygen atoms in total. The van der Waals surface area contributed by atoms with Gasteiger partial charge in [-0.15, -0.1) is 0 Å². The van der Waals surface area contributed by atoms with Crippen molar-refractivity contribution in [1.29, 1.82) is 0 Å². The van der Waals surface area contributed by atoms with Gasteiger partial charge in [-0.05, 0) is 46.5 Å². The summed E-state index contributed by atoms with van der Waals surface area (Å²) in [5.74, 6) is -5.75. The van der Waals surface area contributed by atoms with Crippen LogP contribution in [-0.4, -0.2) is 127 Å². The number of amides is 1. The second-order valence-electron chi connectivity index (χ2n) is 14.6. The molecule has 2 rings (SSSR count). The summed E-state index contributed by atoms with van der Waals surface area (Å²) < 4.78 is 11.7. The van der Waals surface area contributed by atoms with E-state index in [-0.39, 0.29) is 25.8 Å². The van der Waals surface area contributed by atoms with Gasteiger partial charge in [0.15, 0.2) is 0 Å². The monoisotopic (exact) mass is 690 g/mol. The Balaban J connectivity index is 1.93. The van der Waals surface area contributed by atoms with Crippen molar-refractivity contribution in [3.8, 4) is 0 Å². The Kier molecular flexibility index (Phi) is 18.2. The van der Waals surface area contributed by atoms with Gasteiger partial charge >= 0.3 is 11.9 Å². The molecule has 280 valence electrons. The minimum absolute atomic E-state index is 0.0289. The highest BCUT2D eigenvalue weighted by Crippen LogP contribution is 2.35. The summed E-state index contributed by atoms with van der Waals surface area (Å²) >= 11 is 0. The van der Waals surface area contributed by atoms with E-state index in [1.54, 1.807) is 20.8 Å². The molecule has 2 saturated carbocycles. The van der Waals surface area contributed by atoms with Crippen molar-refractivity contribution in [2.45, 2.75) is 172 Å². The molecule has 0 aromatic rings. The fourth-order valence-electron chi connectivity index (χ4n) is 6.62. The molecule has 14 heteroatoms. The van der Waals surface area contributed by atoms with Crippen LogP contribution in [-0.2, 0) is 23.9 Å². The number of carbonyl (C=O) groups excluding carboxylic acids is 1. The molecule has 1 amide bonds. The van der Waals surface area contributed by atoms with Crippen LogP contribution < -0.4 is 10.6 Å². The maximum absolute atomic E-state index is 13.0. The van der Waals surface area contributed by atoms with E-state index in [0.717, 1.165) is 25.7 Å². The first-order valence-corrected chi connectivity index (χ1v) is 17.8. The van der Waals surface area contributed by atoms with E-state index < -0.39 is 90.1 Å². The Morgan fingerprint density at radius 1 is 0.729 bits per heavy atom. The third-order valence-electron chi connectivity index (χ3n) is 9.38. The SMILES string of the molecule is CCCCCCCCCCCCO[C@@H]1C[C@H](C(=O)O)[C@@H](O[C@@H]2C[C@H](C(=O)NCC[C@H](NC(C)(C)C)C(=O)O)[C@@H](O)[C@H](O)[C@H]2O)[C@H](O)[C@H]1O. The summed E-state index contributed by atoms with van der Waals surface area (Å²) in [5.41, 5.74) is -0.499. The molecule has 0 heterocycles. The first kappa shape index (κ1) is 42.3. The van der Waals surface area contributed by atoms with Crippen LogP contribution in [0, 0.1) is 11.8 Å².